The second-order valence-corrected chi connectivity index (χ2v) is 9.18. The van der Waals surface area contributed by atoms with E-state index in [-0.39, 0.29) is 17.7 Å². The first-order valence-corrected chi connectivity index (χ1v) is 11.5. The molecule has 9 nitrogen and oxygen atoms in total. The lowest BCUT2D eigenvalue weighted by Crippen LogP contribution is -2.53. The number of carbonyl (C=O) groups excluding carboxylic acids is 2. The summed E-state index contributed by atoms with van der Waals surface area (Å²) in [5.74, 6) is 2.71. The van der Waals surface area contributed by atoms with Crippen molar-refractivity contribution in [3.63, 3.8) is 0 Å². The smallest absolute Gasteiger partial charge is 0.268 e. The van der Waals surface area contributed by atoms with Crippen LogP contribution >= 0.6 is 0 Å². The zero-order valence-electron chi connectivity index (χ0n) is 19.0. The number of carbonyl (C=O) groups is 2. The molecule has 4 heterocycles. The second-order valence-electron chi connectivity index (χ2n) is 9.18. The first-order chi connectivity index (χ1) is 16.0. The van der Waals surface area contributed by atoms with Crippen molar-refractivity contribution in [2.75, 3.05) is 50.1 Å². The van der Waals surface area contributed by atoms with Gasteiger partial charge in [-0.25, -0.2) is 9.97 Å². The lowest BCUT2D eigenvalue weighted by molar-refractivity contribution is -0.133. The molecule has 1 saturated carbocycles. The molecule has 2 saturated heterocycles. The predicted molar refractivity (Wildman–Crippen MR) is 122 cm³/mol. The SMILES string of the molecule is CN(C)C(=O)C1CN(c2ccc(N3CC[C@@H](Oc4ccc(OCC5CC5)nc4)C3=O)cn2)C1. The van der Waals surface area contributed by atoms with Crippen LogP contribution in [0, 0.1) is 11.8 Å². The van der Waals surface area contributed by atoms with E-state index in [0.717, 1.165) is 11.5 Å². The molecule has 0 radical (unpaired) electrons. The highest BCUT2D eigenvalue weighted by molar-refractivity contribution is 5.99. The number of pyridine rings is 2. The molecule has 0 spiro atoms. The summed E-state index contributed by atoms with van der Waals surface area (Å²) in [7, 11) is 3.55. The average molecular weight is 452 g/mol. The molecule has 0 N–H and O–H groups in total. The van der Waals surface area contributed by atoms with Crippen molar-refractivity contribution < 1.29 is 19.1 Å². The number of hydrogen-bond donors (Lipinski definition) is 0. The van der Waals surface area contributed by atoms with Gasteiger partial charge in [0, 0.05) is 46.2 Å². The Balaban J connectivity index is 1.14. The summed E-state index contributed by atoms with van der Waals surface area (Å²) < 4.78 is 11.5. The highest BCUT2D eigenvalue weighted by Crippen LogP contribution is 2.30. The van der Waals surface area contributed by atoms with Crippen molar-refractivity contribution in [2.45, 2.75) is 25.4 Å². The van der Waals surface area contributed by atoms with Gasteiger partial charge in [-0.05, 0) is 37.0 Å². The van der Waals surface area contributed by atoms with Crippen molar-refractivity contribution in [1.29, 1.82) is 0 Å². The highest BCUT2D eigenvalue weighted by atomic mass is 16.5. The van der Waals surface area contributed by atoms with Crippen LogP contribution in [-0.2, 0) is 9.59 Å². The Morgan fingerprint density at radius 1 is 1.09 bits per heavy atom. The standard InChI is InChI=1S/C24H29N5O4/c1-27(2)23(30)17-13-28(14-17)21-7-5-18(11-25-21)29-10-9-20(24(29)31)33-19-6-8-22(26-12-19)32-15-16-3-4-16/h5-8,11-12,16-17,20H,3-4,9-10,13-15H2,1-2H3/t20-/m1/s1. The first kappa shape index (κ1) is 21.5. The number of nitrogens with zero attached hydrogens (tertiary/aromatic N) is 5. The molecule has 0 unspecified atom stereocenters. The van der Waals surface area contributed by atoms with E-state index in [1.807, 2.05) is 12.1 Å². The van der Waals surface area contributed by atoms with Crippen LogP contribution in [0.2, 0.25) is 0 Å². The Kier molecular flexibility index (Phi) is 5.78. The molecule has 5 rings (SSSR count). The van der Waals surface area contributed by atoms with Crippen LogP contribution in [0.15, 0.2) is 36.7 Å². The Bertz CT molecular complexity index is 1000. The fraction of sp³-hybridized carbons (Fsp3) is 0.500. The maximum atomic E-state index is 12.9. The number of ether oxygens (including phenoxy) is 2. The van der Waals surface area contributed by atoms with Crippen LogP contribution in [0.25, 0.3) is 0 Å². The molecule has 0 aromatic carbocycles. The minimum absolute atomic E-state index is 0.0212. The minimum atomic E-state index is -0.544. The van der Waals surface area contributed by atoms with Crippen molar-refractivity contribution >= 4 is 23.3 Å². The van der Waals surface area contributed by atoms with Gasteiger partial charge in [0.1, 0.15) is 11.6 Å². The summed E-state index contributed by atoms with van der Waals surface area (Å²) >= 11 is 0. The molecule has 1 atom stereocenters. The summed E-state index contributed by atoms with van der Waals surface area (Å²) in [6, 6.07) is 7.38. The quantitative estimate of drug-likeness (QED) is 0.606. The maximum absolute atomic E-state index is 12.9. The molecule has 174 valence electrons. The van der Waals surface area contributed by atoms with Crippen LogP contribution in [0.4, 0.5) is 11.5 Å². The summed E-state index contributed by atoms with van der Waals surface area (Å²) in [5.41, 5.74) is 0.748. The molecule has 2 amide bonds. The number of rotatable bonds is 8. The van der Waals surface area contributed by atoms with Crippen molar-refractivity contribution in [2.24, 2.45) is 11.8 Å². The highest BCUT2D eigenvalue weighted by Gasteiger charge is 2.36. The number of hydrogen-bond acceptors (Lipinski definition) is 7. The summed E-state index contributed by atoms with van der Waals surface area (Å²) in [6.45, 7) is 2.62. The third kappa shape index (κ3) is 4.72. The van der Waals surface area contributed by atoms with Gasteiger partial charge < -0.3 is 24.2 Å². The van der Waals surface area contributed by atoms with Gasteiger partial charge in [-0.3, -0.25) is 9.59 Å². The van der Waals surface area contributed by atoms with Crippen LogP contribution in [0.3, 0.4) is 0 Å². The number of amides is 2. The molecule has 3 aliphatic rings. The van der Waals surface area contributed by atoms with E-state index in [1.54, 1.807) is 48.4 Å². The third-order valence-electron chi connectivity index (χ3n) is 6.35. The summed E-state index contributed by atoms with van der Waals surface area (Å²) in [6.07, 6.45) is 5.84. The van der Waals surface area contributed by atoms with Crippen LogP contribution in [0.5, 0.6) is 11.6 Å². The Labute approximate surface area is 193 Å². The van der Waals surface area contributed by atoms with Gasteiger partial charge in [-0.1, -0.05) is 0 Å². The van der Waals surface area contributed by atoms with Crippen LogP contribution in [-0.4, -0.2) is 73.1 Å². The Morgan fingerprint density at radius 3 is 2.55 bits per heavy atom. The lowest BCUT2D eigenvalue weighted by Gasteiger charge is -2.40. The summed E-state index contributed by atoms with van der Waals surface area (Å²) in [5, 5.41) is 0. The topological polar surface area (TPSA) is 88.1 Å². The van der Waals surface area contributed by atoms with E-state index in [2.05, 4.69) is 14.9 Å². The molecular formula is C24H29N5O4. The van der Waals surface area contributed by atoms with E-state index in [1.165, 1.54) is 12.8 Å². The van der Waals surface area contributed by atoms with E-state index in [4.69, 9.17) is 9.47 Å². The monoisotopic (exact) mass is 451 g/mol. The van der Waals surface area contributed by atoms with Gasteiger partial charge in [0.15, 0.2) is 6.10 Å². The molecule has 2 aromatic rings. The number of aromatic nitrogens is 2. The fourth-order valence-electron chi connectivity index (χ4n) is 4.11. The first-order valence-electron chi connectivity index (χ1n) is 11.5. The van der Waals surface area contributed by atoms with Gasteiger partial charge in [-0.15, -0.1) is 0 Å². The maximum Gasteiger partial charge on any atom is 0.268 e. The Hall–Kier alpha value is -3.36. The lowest BCUT2D eigenvalue weighted by atomic mass is 9.99. The average Bonchev–Trinajstić information content (AvgIpc) is 3.55. The van der Waals surface area contributed by atoms with Crippen molar-refractivity contribution in [1.82, 2.24) is 14.9 Å². The summed E-state index contributed by atoms with van der Waals surface area (Å²) in [4.78, 5) is 39.1. The van der Waals surface area contributed by atoms with Gasteiger partial charge >= 0.3 is 0 Å². The normalized spacial score (nSPS) is 20.5. The molecular weight excluding hydrogens is 422 g/mol. The molecule has 0 bridgehead atoms. The third-order valence-corrected chi connectivity index (χ3v) is 6.35. The van der Waals surface area contributed by atoms with E-state index in [0.29, 0.717) is 50.2 Å². The molecule has 3 fully saturated rings. The fourth-order valence-corrected chi connectivity index (χ4v) is 4.11. The predicted octanol–water partition coefficient (Wildman–Crippen LogP) is 1.97. The van der Waals surface area contributed by atoms with E-state index < -0.39 is 6.10 Å². The van der Waals surface area contributed by atoms with Gasteiger partial charge in [0.05, 0.1) is 30.6 Å². The van der Waals surface area contributed by atoms with Gasteiger partial charge in [0.25, 0.3) is 5.91 Å². The second kappa shape index (κ2) is 8.88. The molecule has 9 heteroatoms. The number of anilines is 2. The molecule has 1 aliphatic carbocycles. The Morgan fingerprint density at radius 2 is 1.91 bits per heavy atom. The zero-order chi connectivity index (χ0) is 22.9. The zero-order valence-corrected chi connectivity index (χ0v) is 19.0. The molecule has 2 aliphatic heterocycles. The minimum Gasteiger partial charge on any atom is -0.479 e. The van der Waals surface area contributed by atoms with E-state index >= 15 is 0 Å². The van der Waals surface area contributed by atoms with Gasteiger partial charge in [0.2, 0.25) is 11.8 Å². The van der Waals surface area contributed by atoms with Gasteiger partial charge in [-0.2, -0.15) is 0 Å². The van der Waals surface area contributed by atoms with E-state index in [9.17, 15) is 9.59 Å². The molecule has 2 aromatic heterocycles. The van der Waals surface area contributed by atoms with Crippen molar-refractivity contribution in [3.05, 3.63) is 36.7 Å². The van der Waals surface area contributed by atoms with Crippen LogP contribution < -0.4 is 19.3 Å². The molecule has 33 heavy (non-hydrogen) atoms. The van der Waals surface area contributed by atoms with Crippen LogP contribution in [0.1, 0.15) is 19.3 Å². The van der Waals surface area contributed by atoms with Crippen molar-refractivity contribution in [3.8, 4) is 11.6 Å². The largest absolute Gasteiger partial charge is 0.479 e.